The summed E-state index contributed by atoms with van der Waals surface area (Å²) in [6, 6.07) is 12.9. The molecular formula is C21H20O5. The van der Waals surface area contributed by atoms with Gasteiger partial charge >= 0.3 is 0 Å². The number of ether oxygens (including phenoxy) is 1. The Kier molecular flexibility index (Phi) is 3.86. The van der Waals surface area contributed by atoms with Gasteiger partial charge in [0.25, 0.3) is 0 Å². The van der Waals surface area contributed by atoms with E-state index in [0.717, 1.165) is 10.9 Å². The van der Waals surface area contributed by atoms with Crippen molar-refractivity contribution in [2.45, 2.75) is 25.4 Å². The normalized spacial score (nSPS) is 16.2. The summed E-state index contributed by atoms with van der Waals surface area (Å²) in [5, 5.41) is 19.4. The van der Waals surface area contributed by atoms with Gasteiger partial charge in [0, 0.05) is 16.5 Å². The molecule has 0 fully saturated rings. The molecule has 2 aromatic carbocycles. The number of carbonyl (C=O) groups excluding carboxylic acids is 1. The van der Waals surface area contributed by atoms with Gasteiger partial charge < -0.3 is 19.4 Å². The van der Waals surface area contributed by atoms with Crippen molar-refractivity contribution in [2.24, 2.45) is 0 Å². The average Bonchev–Trinajstić information content (AvgIpc) is 3.05. The lowest BCUT2D eigenvalue weighted by Gasteiger charge is -2.32. The third kappa shape index (κ3) is 2.35. The van der Waals surface area contributed by atoms with Gasteiger partial charge in [-0.2, -0.15) is 0 Å². The van der Waals surface area contributed by atoms with Crippen LogP contribution in [0.5, 0.6) is 5.75 Å². The van der Waals surface area contributed by atoms with Crippen molar-refractivity contribution in [1.82, 2.24) is 0 Å². The highest BCUT2D eigenvalue weighted by molar-refractivity contribution is 6.19. The van der Waals surface area contributed by atoms with Gasteiger partial charge in [-0.15, -0.1) is 0 Å². The van der Waals surface area contributed by atoms with Crippen LogP contribution in [0.1, 0.15) is 41.1 Å². The molecule has 5 heteroatoms. The van der Waals surface area contributed by atoms with E-state index >= 15 is 0 Å². The lowest BCUT2D eigenvalue weighted by Crippen LogP contribution is -2.31. The number of hydrogen-bond donors (Lipinski definition) is 2. The summed E-state index contributed by atoms with van der Waals surface area (Å²) in [7, 11) is 0. The topological polar surface area (TPSA) is 79.9 Å². The summed E-state index contributed by atoms with van der Waals surface area (Å²) in [5.74, 6) is 1.04. The Morgan fingerprint density at radius 2 is 1.92 bits per heavy atom. The van der Waals surface area contributed by atoms with Crippen molar-refractivity contribution in [3.8, 4) is 5.75 Å². The van der Waals surface area contributed by atoms with E-state index in [1.807, 2.05) is 38.1 Å². The van der Waals surface area contributed by atoms with E-state index in [-0.39, 0.29) is 19.0 Å². The van der Waals surface area contributed by atoms with Gasteiger partial charge in [-0.3, -0.25) is 4.79 Å². The van der Waals surface area contributed by atoms with Crippen LogP contribution in [0.25, 0.3) is 11.0 Å². The van der Waals surface area contributed by atoms with Gasteiger partial charge in [-0.25, -0.2) is 0 Å². The minimum Gasteiger partial charge on any atom is -0.490 e. The zero-order valence-corrected chi connectivity index (χ0v) is 14.7. The molecule has 0 saturated carbocycles. The standard InChI is InChI=1S/C21H20O5/c1-21(2)18-14(7-5-9-16(18)25-11-12(23)10-22)19(24)17-13-6-3-4-8-15(13)26-20(17)21/h3-9,12,22-23H,10-11H2,1-2H3. The molecule has 1 atom stereocenters. The molecule has 0 aliphatic heterocycles. The van der Waals surface area contributed by atoms with Gasteiger partial charge in [0.1, 0.15) is 29.8 Å². The summed E-state index contributed by atoms with van der Waals surface area (Å²) >= 11 is 0. The van der Waals surface area contributed by atoms with Gasteiger partial charge in [0.15, 0.2) is 5.78 Å². The molecule has 1 aromatic heterocycles. The number of aliphatic hydroxyl groups excluding tert-OH is 2. The first-order chi connectivity index (χ1) is 12.4. The van der Waals surface area contributed by atoms with Crippen LogP contribution < -0.4 is 4.74 Å². The number of furan rings is 1. The molecule has 1 heterocycles. The molecule has 0 spiro atoms. The molecule has 0 amide bonds. The zero-order chi connectivity index (χ0) is 18.5. The minimum atomic E-state index is -0.977. The molecule has 1 aliphatic carbocycles. The van der Waals surface area contributed by atoms with Gasteiger partial charge in [-0.1, -0.05) is 30.3 Å². The van der Waals surface area contributed by atoms with Crippen LogP contribution in [-0.2, 0) is 5.41 Å². The number of fused-ring (bicyclic) bond motifs is 4. The second-order valence-corrected chi connectivity index (χ2v) is 7.08. The first-order valence-electron chi connectivity index (χ1n) is 8.57. The molecule has 5 nitrogen and oxygen atoms in total. The summed E-state index contributed by atoms with van der Waals surface area (Å²) in [5.41, 5.74) is 2.01. The summed E-state index contributed by atoms with van der Waals surface area (Å²) in [6.45, 7) is 3.55. The molecule has 1 unspecified atom stereocenters. The fraction of sp³-hybridized carbons (Fsp3) is 0.286. The fourth-order valence-corrected chi connectivity index (χ4v) is 3.68. The van der Waals surface area contributed by atoms with Gasteiger partial charge in [-0.05, 0) is 26.0 Å². The number of aliphatic hydroxyl groups is 2. The van der Waals surface area contributed by atoms with Crippen LogP contribution in [0.4, 0.5) is 0 Å². The predicted octanol–water partition coefficient (Wildman–Crippen LogP) is 3.04. The molecule has 26 heavy (non-hydrogen) atoms. The van der Waals surface area contributed by atoms with Crippen LogP contribution in [0.3, 0.4) is 0 Å². The number of ketones is 1. The molecule has 0 radical (unpaired) electrons. The first kappa shape index (κ1) is 16.8. The van der Waals surface area contributed by atoms with Crippen molar-refractivity contribution < 1.29 is 24.2 Å². The number of para-hydroxylation sites is 1. The smallest absolute Gasteiger partial charge is 0.197 e. The average molecular weight is 352 g/mol. The fourth-order valence-electron chi connectivity index (χ4n) is 3.68. The van der Waals surface area contributed by atoms with Crippen molar-refractivity contribution in [3.05, 3.63) is 64.9 Å². The molecule has 1 aliphatic rings. The Hall–Kier alpha value is -2.63. The summed E-state index contributed by atoms with van der Waals surface area (Å²) < 4.78 is 11.8. The Morgan fingerprint density at radius 1 is 1.15 bits per heavy atom. The van der Waals surface area contributed by atoms with E-state index in [9.17, 15) is 9.90 Å². The molecular weight excluding hydrogens is 332 g/mol. The molecule has 3 aromatic rings. The van der Waals surface area contributed by atoms with Crippen LogP contribution in [0, 0.1) is 0 Å². The van der Waals surface area contributed by atoms with E-state index in [1.54, 1.807) is 18.2 Å². The monoisotopic (exact) mass is 352 g/mol. The number of hydrogen-bond acceptors (Lipinski definition) is 5. The maximum absolute atomic E-state index is 13.2. The van der Waals surface area contributed by atoms with E-state index in [1.165, 1.54) is 0 Å². The SMILES string of the molecule is CC1(C)c2oc3ccccc3c2C(=O)c2cccc(OCC(O)CO)c21. The largest absolute Gasteiger partial charge is 0.490 e. The van der Waals surface area contributed by atoms with Crippen molar-refractivity contribution in [2.75, 3.05) is 13.2 Å². The first-order valence-corrected chi connectivity index (χ1v) is 8.57. The van der Waals surface area contributed by atoms with Crippen molar-refractivity contribution >= 4 is 16.8 Å². The van der Waals surface area contributed by atoms with Crippen LogP contribution in [-0.4, -0.2) is 35.3 Å². The highest BCUT2D eigenvalue weighted by Gasteiger charge is 2.43. The Morgan fingerprint density at radius 3 is 2.69 bits per heavy atom. The Labute approximate surface area is 150 Å². The maximum Gasteiger partial charge on any atom is 0.197 e. The highest BCUT2D eigenvalue weighted by atomic mass is 16.5. The Balaban J connectivity index is 1.90. The maximum atomic E-state index is 13.2. The highest BCUT2D eigenvalue weighted by Crippen LogP contribution is 2.48. The zero-order valence-electron chi connectivity index (χ0n) is 14.7. The van der Waals surface area contributed by atoms with Crippen molar-refractivity contribution in [1.29, 1.82) is 0 Å². The number of benzene rings is 2. The molecule has 0 bridgehead atoms. The van der Waals surface area contributed by atoms with Gasteiger partial charge in [0.2, 0.25) is 0 Å². The van der Waals surface area contributed by atoms with E-state index in [2.05, 4.69) is 0 Å². The third-order valence-electron chi connectivity index (χ3n) is 4.93. The number of rotatable bonds is 4. The second-order valence-electron chi connectivity index (χ2n) is 7.08. The van der Waals surface area contributed by atoms with E-state index in [4.69, 9.17) is 14.3 Å². The van der Waals surface area contributed by atoms with E-state index in [0.29, 0.717) is 28.2 Å². The third-order valence-corrected chi connectivity index (χ3v) is 4.93. The minimum absolute atomic E-state index is 0.0514. The summed E-state index contributed by atoms with van der Waals surface area (Å²) in [6.07, 6.45) is -0.977. The number of carbonyl (C=O) groups is 1. The molecule has 4 rings (SSSR count). The quantitative estimate of drug-likeness (QED) is 0.754. The molecule has 134 valence electrons. The van der Waals surface area contributed by atoms with E-state index < -0.39 is 11.5 Å². The lowest BCUT2D eigenvalue weighted by molar-refractivity contribution is 0.0529. The van der Waals surface area contributed by atoms with Gasteiger partial charge in [0.05, 0.1) is 17.6 Å². The molecule has 0 saturated heterocycles. The lowest BCUT2D eigenvalue weighted by atomic mass is 9.71. The van der Waals surface area contributed by atoms with Crippen molar-refractivity contribution in [3.63, 3.8) is 0 Å². The van der Waals surface area contributed by atoms with Crippen LogP contribution in [0.2, 0.25) is 0 Å². The van der Waals surface area contributed by atoms with Crippen LogP contribution in [0.15, 0.2) is 46.9 Å². The molecule has 2 N–H and O–H groups in total. The second kappa shape index (κ2) is 5.97. The van der Waals surface area contributed by atoms with Crippen LogP contribution >= 0.6 is 0 Å². The summed E-state index contributed by atoms with van der Waals surface area (Å²) in [4.78, 5) is 13.2. The predicted molar refractivity (Wildman–Crippen MR) is 96.8 cm³/mol. The Bertz CT molecular complexity index is 999.